The third-order valence-corrected chi connectivity index (χ3v) is 4.79. The van der Waals surface area contributed by atoms with Crippen LogP contribution in [-0.2, 0) is 5.75 Å². The molecule has 0 atom stereocenters. The minimum atomic E-state index is 0.566. The van der Waals surface area contributed by atoms with Crippen LogP contribution in [0.4, 0.5) is 0 Å². The molecule has 4 aromatic rings. The highest BCUT2D eigenvalue weighted by Crippen LogP contribution is 2.27. The molecule has 5 nitrogen and oxygen atoms in total. The monoisotopic (exact) mass is 333 g/mol. The first-order valence-corrected chi connectivity index (χ1v) is 8.53. The van der Waals surface area contributed by atoms with E-state index in [1.807, 2.05) is 18.2 Å². The molecule has 24 heavy (non-hydrogen) atoms. The Bertz CT molecular complexity index is 976. The van der Waals surface area contributed by atoms with Crippen LogP contribution in [0.5, 0.6) is 0 Å². The number of aromatic nitrogens is 4. The minimum Gasteiger partial charge on any atom is -0.335 e. The van der Waals surface area contributed by atoms with E-state index in [-0.39, 0.29) is 0 Å². The summed E-state index contributed by atoms with van der Waals surface area (Å²) in [5.41, 5.74) is 1.96. The van der Waals surface area contributed by atoms with Crippen LogP contribution in [-0.4, -0.2) is 19.9 Å². The van der Waals surface area contributed by atoms with Crippen molar-refractivity contribution in [3.05, 3.63) is 72.4 Å². The molecule has 2 aromatic carbocycles. The lowest BCUT2D eigenvalue weighted by molar-refractivity contribution is 0.848. The summed E-state index contributed by atoms with van der Waals surface area (Å²) < 4.78 is 1.50. The summed E-state index contributed by atoms with van der Waals surface area (Å²) in [5.74, 6) is 7.49. The van der Waals surface area contributed by atoms with Crippen LogP contribution in [0.1, 0.15) is 5.56 Å². The molecule has 0 aliphatic carbocycles. The van der Waals surface area contributed by atoms with Gasteiger partial charge in [-0.3, -0.25) is 4.98 Å². The zero-order valence-corrected chi connectivity index (χ0v) is 13.6. The van der Waals surface area contributed by atoms with Gasteiger partial charge in [0.1, 0.15) is 5.69 Å². The van der Waals surface area contributed by atoms with Crippen LogP contribution in [0, 0.1) is 0 Å². The van der Waals surface area contributed by atoms with E-state index in [2.05, 4.69) is 57.6 Å². The first-order valence-electron chi connectivity index (χ1n) is 7.54. The van der Waals surface area contributed by atoms with Gasteiger partial charge in [0.15, 0.2) is 0 Å². The number of nitrogen functional groups attached to an aromatic ring is 1. The van der Waals surface area contributed by atoms with Crippen molar-refractivity contribution in [1.29, 1.82) is 0 Å². The maximum atomic E-state index is 6.14. The number of nitrogens with zero attached hydrogens (tertiary/aromatic N) is 4. The van der Waals surface area contributed by atoms with E-state index in [9.17, 15) is 0 Å². The molecule has 0 bridgehead atoms. The fraction of sp³-hybridized carbons (Fsp3) is 0.0556. The summed E-state index contributed by atoms with van der Waals surface area (Å²) in [7, 11) is 0. The van der Waals surface area contributed by atoms with E-state index in [1.54, 1.807) is 18.0 Å². The molecule has 0 amide bonds. The molecular weight excluding hydrogens is 318 g/mol. The Labute approximate surface area is 143 Å². The third kappa shape index (κ3) is 2.72. The molecule has 6 heteroatoms. The van der Waals surface area contributed by atoms with E-state index < -0.39 is 0 Å². The van der Waals surface area contributed by atoms with Crippen LogP contribution >= 0.6 is 11.8 Å². The van der Waals surface area contributed by atoms with Gasteiger partial charge in [-0.1, -0.05) is 60.3 Å². The van der Waals surface area contributed by atoms with E-state index in [1.165, 1.54) is 21.0 Å². The summed E-state index contributed by atoms with van der Waals surface area (Å²) in [6.45, 7) is 0. The zero-order valence-electron chi connectivity index (χ0n) is 12.8. The van der Waals surface area contributed by atoms with Crippen molar-refractivity contribution in [2.24, 2.45) is 0 Å². The molecule has 2 aromatic heterocycles. The van der Waals surface area contributed by atoms with Crippen LogP contribution in [0.15, 0.2) is 72.0 Å². The van der Waals surface area contributed by atoms with Crippen molar-refractivity contribution < 1.29 is 0 Å². The highest BCUT2D eigenvalue weighted by atomic mass is 32.2. The first-order chi connectivity index (χ1) is 11.8. The summed E-state index contributed by atoms with van der Waals surface area (Å²) in [4.78, 5) is 4.27. The van der Waals surface area contributed by atoms with Crippen LogP contribution in [0.25, 0.3) is 22.3 Å². The SMILES string of the molecule is Nn1c(SCc2cccc3ccccc23)nnc1-c1ccccn1. The predicted molar refractivity (Wildman–Crippen MR) is 96.9 cm³/mol. The van der Waals surface area contributed by atoms with Gasteiger partial charge in [0, 0.05) is 11.9 Å². The number of nitrogens with two attached hydrogens (primary N) is 1. The molecule has 0 radical (unpaired) electrons. The summed E-state index contributed by atoms with van der Waals surface area (Å²) in [5, 5.41) is 11.5. The normalized spacial score (nSPS) is 11.0. The van der Waals surface area contributed by atoms with Crippen molar-refractivity contribution in [2.75, 3.05) is 5.84 Å². The number of hydrogen-bond donors (Lipinski definition) is 1. The molecule has 0 aliphatic heterocycles. The van der Waals surface area contributed by atoms with Gasteiger partial charge in [-0.15, -0.1) is 10.2 Å². The molecule has 2 N–H and O–H groups in total. The molecule has 0 saturated carbocycles. The highest BCUT2D eigenvalue weighted by molar-refractivity contribution is 7.98. The molecular formula is C18H15N5S. The first kappa shape index (κ1) is 14.7. The van der Waals surface area contributed by atoms with E-state index in [0.29, 0.717) is 16.7 Å². The number of benzene rings is 2. The van der Waals surface area contributed by atoms with Crippen LogP contribution in [0.2, 0.25) is 0 Å². The Kier molecular flexibility index (Phi) is 3.88. The van der Waals surface area contributed by atoms with Gasteiger partial charge < -0.3 is 5.84 Å². The van der Waals surface area contributed by atoms with Crippen molar-refractivity contribution in [3.63, 3.8) is 0 Å². The van der Waals surface area contributed by atoms with Gasteiger partial charge in [0.05, 0.1) is 0 Å². The summed E-state index contributed by atoms with van der Waals surface area (Å²) in [6.07, 6.45) is 1.72. The largest absolute Gasteiger partial charge is 0.335 e. The van der Waals surface area contributed by atoms with Crippen LogP contribution < -0.4 is 5.84 Å². The number of pyridine rings is 1. The summed E-state index contributed by atoms with van der Waals surface area (Å²) in [6, 6.07) is 20.3. The topological polar surface area (TPSA) is 69.6 Å². The Morgan fingerprint density at radius 1 is 0.917 bits per heavy atom. The van der Waals surface area contributed by atoms with Crippen LogP contribution in [0.3, 0.4) is 0 Å². The second kappa shape index (κ2) is 6.33. The predicted octanol–water partition coefficient (Wildman–Crippen LogP) is 3.50. The second-order valence-electron chi connectivity index (χ2n) is 5.32. The van der Waals surface area contributed by atoms with Gasteiger partial charge in [-0.25, -0.2) is 4.68 Å². The van der Waals surface area contributed by atoms with Gasteiger partial charge in [0.25, 0.3) is 0 Å². The smallest absolute Gasteiger partial charge is 0.210 e. The number of hydrogen-bond acceptors (Lipinski definition) is 5. The fourth-order valence-electron chi connectivity index (χ4n) is 2.61. The van der Waals surface area contributed by atoms with Crippen molar-refractivity contribution in [3.8, 4) is 11.5 Å². The van der Waals surface area contributed by atoms with E-state index >= 15 is 0 Å². The molecule has 0 unspecified atom stereocenters. The number of fused-ring (bicyclic) bond motifs is 1. The molecule has 0 fully saturated rings. The number of rotatable bonds is 4. The fourth-order valence-corrected chi connectivity index (χ4v) is 3.47. The lowest BCUT2D eigenvalue weighted by atomic mass is 10.1. The van der Waals surface area contributed by atoms with Gasteiger partial charge in [0.2, 0.25) is 11.0 Å². The van der Waals surface area contributed by atoms with Gasteiger partial charge in [-0.05, 0) is 28.5 Å². The lowest BCUT2D eigenvalue weighted by Crippen LogP contribution is -2.12. The Hall–Kier alpha value is -2.86. The second-order valence-corrected chi connectivity index (χ2v) is 6.26. The van der Waals surface area contributed by atoms with E-state index in [0.717, 1.165) is 5.75 Å². The lowest BCUT2D eigenvalue weighted by Gasteiger charge is -2.06. The maximum absolute atomic E-state index is 6.14. The Balaban J connectivity index is 1.59. The quantitative estimate of drug-likeness (QED) is 0.457. The maximum Gasteiger partial charge on any atom is 0.210 e. The standard InChI is InChI=1S/C18H15N5S/c19-23-17(16-10-3-4-11-20-16)21-22-18(23)24-12-14-8-5-7-13-6-1-2-9-15(13)14/h1-11H,12,19H2. The van der Waals surface area contributed by atoms with Gasteiger partial charge >= 0.3 is 0 Å². The van der Waals surface area contributed by atoms with Gasteiger partial charge in [-0.2, -0.15) is 0 Å². The molecule has 2 heterocycles. The Morgan fingerprint density at radius 3 is 2.62 bits per heavy atom. The molecule has 118 valence electrons. The summed E-state index contributed by atoms with van der Waals surface area (Å²) >= 11 is 1.57. The average Bonchev–Trinajstić information content (AvgIpc) is 3.01. The molecule has 0 saturated heterocycles. The molecule has 0 aliphatic rings. The average molecular weight is 333 g/mol. The zero-order chi connectivity index (χ0) is 16.4. The third-order valence-electron chi connectivity index (χ3n) is 3.80. The van der Waals surface area contributed by atoms with E-state index in [4.69, 9.17) is 5.84 Å². The molecule has 0 spiro atoms. The molecule has 4 rings (SSSR count). The Morgan fingerprint density at radius 2 is 1.75 bits per heavy atom. The highest BCUT2D eigenvalue weighted by Gasteiger charge is 2.13. The minimum absolute atomic E-state index is 0.566. The number of thioether (sulfide) groups is 1. The van der Waals surface area contributed by atoms with Crippen molar-refractivity contribution >= 4 is 22.5 Å². The van der Waals surface area contributed by atoms with Crippen molar-refractivity contribution in [2.45, 2.75) is 10.9 Å². The van der Waals surface area contributed by atoms with Crippen molar-refractivity contribution in [1.82, 2.24) is 19.9 Å².